The lowest BCUT2D eigenvalue weighted by Gasteiger charge is -2.31. The first-order valence-electron chi connectivity index (χ1n) is 6.77. The van der Waals surface area contributed by atoms with Crippen LogP contribution in [0.25, 0.3) is 0 Å². The van der Waals surface area contributed by atoms with E-state index in [1.54, 1.807) is 7.11 Å². The van der Waals surface area contributed by atoms with E-state index in [9.17, 15) is 4.79 Å². The summed E-state index contributed by atoms with van der Waals surface area (Å²) >= 11 is 0. The molecule has 2 rings (SSSR count). The van der Waals surface area contributed by atoms with Crippen molar-refractivity contribution in [3.8, 4) is 5.75 Å². The number of nitrogens with one attached hydrogen (secondary N) is 1. The van der Waals surface area contributed by atoms with Crippen LogP contribution in [0.15, 0.2) is 24.3 Å². The van der Waals surface area contributed by atoms with Gasteiger partial charge in [-0.2, -0.15) is 0 Å². The highest BCUT2D eigenvalue weighted by Gasteiger charge is 2.33. The largest absolute Gasteiger partial charge is 0.497 e. The van der Waals surface area contributed by atoms with Crippen LogP contribution in [-0.2, 0) is 9.53 Å². The van der Waals surface area contributed by atoms with Gasteiger partial charge in [-0.05, 0) is 43.5 Å². The minimum absolute atomic E-state index is 0.109. The van der Waals surface area contributed by atoms with Crippen LogP contribution in [0.3, 0.4) is 0 Å². The van der Waals surface area contributed by atoms with Gasteiger partial charge in [-0.15, -0.1) is 0 Å². The summed E-state index contributed by atoms with van der Waals surface area (Å²) in [5, 5.41) is 3.27. The number of ether oxygens (including phenoxy) is 2. The predicted molar refractivity (Wildman–Crippen MR) is 73.3 cm³/mol. The van der Waals surface area contributed by atoms with Crippen molar-refractivity contribution < 1.29 is 14.3 Å². The molecule has 1 aromatic carbocycles. The van der Waals surface area contributed by atoms with E-state index in [4.69, 9.17) is 9.47 Å². The maximum absolute atomic E-state index is 12.0. The zero-order valence-electron chi connectivity index (χ0n) is 11.5. The Balaban J connectivity index is 2.20. The second-order valence-electron chi connectivity index (χ2n) is 4.73. The molecule has 1 aromatic rings. The van der Waals surface area contributed by atoms with Gasteiger partial charge >= 0.3 is 5.97 Å². The molecule has 0 saturated carbocycles. The van der Waals surface area contributed by atoms with E-state index in [2.05, 4.69) is 11.4 Å². The topological polar surface area (TPSA) is 47.6 Å². The van der Waals surface area contributed by atoms with Gasteiger partial charge in [0.05, 0.1) is 19.6 Å². The van der Waals surface area contributed by atoms with E-state index in [-0.39, 0.29) is 17.8 Å². The molecular formula is C15H21NO3. The van der Waals surface area contributed by atoms with Gasteiger partial charge in [0.15, 0.2) is 0 Å². The highest BCUT2D eigenvalue weighted by molar-refractivity contribution is 5.74. The second-order valence-corrected chi connectivity index (χ2v) is 4.73. The highest BCUT2D eigenvalue weighted by atomic mass is 16.5. The van der Waals surface area contributed by atoms with Crippen molar-refractivity contribution in [1.29, 1.82) is 0 Å². The molecule has 0 bridgehead atoms. The Labute approximate surface area is 114 Å². The van der Waals surface area contributed by atoms with Crippen molar-refractivity contribution in [2.24, 2.45) is 5.92 Å². The summed E-state index contributed by atoms with van der Waals surface area (Å²) in [5.74, 6) is 0.817. The summed E-state index contributed by atoms with van der Waals surface area (Å²) in [6.07, 6.45) is 0.941. The van der Waals surface area contributed by atoms with Crippen molar-refractivity contribution >= 4 is 5.97 Å². The monoisotopic (exact) mass is 263 g/mol. The molecule has 0 spiro atoms. The molecule has 1 N–H and O–H groups in total. The van der Waals surface area contributed by atoms with Crippen molar-refractivity contribution in [1.82, 2.24) is 5.32 Å². The van der Waals surface area contributed by atoms with E-state index >= 15 is 0 Å². The average molecular weight is 263 g/mol. The number of piperidine rings is 1. The molecule has 1 fully saturated rings. The van der Waals surface area contributed by atoms with Crippen molar-refractivity contribution in [2.45, 2.75) is 19.3 Å². The van der Waals surface area contributed by atoms with Gasteiger partial charge < -0.3 is 14.8 Å². The molecule has 0 aliphatic carbocycles. The lowest BCUT2D eigenvalue weighted by molar-refractivity contribution is -0.149. The minimum atomic E-state index is -0.110. The average Bonchev–Trinajstić information content (AvgIpc) is 2.47. The standard InChI is InChI=1S/C15H21NO3/c1-3-19-15(17)14-10-16-8-7-13(14)11-5-4-6-12(9-11)18-2/h4-6,9,13-14,16H,3,7-8,10H2,1-2H3/t13?,14-/m1/s1. The molecule has 0 radical (unpaired) electrons. The second kappa shape index (κ2) is 6.57. The third-order valence-electron chi connectivity index (χ3n) is 3.59. The number of carbonyl (C=O) groups excluding carboxylic acids is 1. The van der Waals surface area contributed by atoms with Crippen LogP contribution in [0.1, 0.15) is 24.8 Å². The quantitative estimate of drug-likeness (QED) is 0.844. The van der Waals surface area contributed by atoms with Crippen molar-refractivity contribution in [2.75, 3.05) is 26.8 Å². The number of esters is 1. The van der Waals surface area contributed by atoms with Crippen molar-refractivity contribution in [3.05, 3.63) is 29.8 Å². The van der Waals surface area contributed by atoms with Gasteiger partial charge in [-0.25, -0.2) is 0 Å². The van der Waals surface area contributed by atoms with Crippen LogP contribution in [-0.4, -0.2) is 32.8 Å². The Kier molecular flexibility index (Phi) is 4.80. The predicted octanol–water partition coefficient (Wildman–Crippen LogP) is 1.95. The smallest absolute Gasteiger partial charge is 0.310 e. The zero-order valence-corrected chi connectivity index (χ0v) is 11.5. The molecule has 19 heavy (non-hydrogen) atoms. The third kappa shape index (κ3) is 3.26. The fraction of sp³-hybridized carbons (Fsp3) is 0.533. The summed E-state index contributed by atoms with van der Waals surface area (Å²) < 4.78 is 10.4. The lowest BCUT2D eigenvalue weighted by Crippen LogP contribution is -2.40. The summed E-state index contributed by atoms with van der Waals surface area (Å²) in [5.41, 5.74) is 1.15. The van der Waals surface area contributed by atoms with Gasteiger partial charge in [0.2, 0.25) is 0 Å². The maximum atomic E-state index is 12.0. The Hall–Kier alpha value is -1.55. The summed E-state index contributed by atoms with van der Waals surface area (Å²) in [4.78, 5) is 12.0. The summed E-state index contributed by atoms with van der Waals surface area (Å²) in [6.45, 7) is 3.88. The Morgan fingerprint density at radius 3 is 3.05 bits per heavy atom. The summed E-state index contributed by atoms with van der Waals surface area (Å²) in [7, 11) is 1.66. The van der Waals surface area contributed by atoms with E-state index < -0.39 is 0 Å². The van der Waals surface area contributed by atoms with Crippen LogP contribution >= 0.6 is 0 Å². The van der Waals surface area contributed by atoms with E-state index in [1.807, 2.05) is 25.1 Å². The Morgan fingerprint density at radius 2 is 2.32 bits per heavy atom. The minimum Gasteiger partial charge on any atom is -0.497 e. The Morgan fingerprint density at radius 1 is 1.47 bits per heavy atom. The number of methoxy groups -OCH3 is 1. The van der Waals surface area contributed by atoms with Crippen LogP contribution in [0, 0.1) is 5.92 Å². The lowest BCUT2D eigenvalue weighted by atomic mass is 9.81. The van der Waals surface area contributed by atoms with Crippen LogP contribution in [0.2, 0.25) is 0 Å². The zero-order chi connectivity index (χ0) is 13.7. The molecule has 1 heterocycles. The SMILES string of the molecule is CCOC(=O)[C@@H]1CNCCC1c1cccc(OC)c1. The molecule has 0 aromatic heterocycles. The molecule has 1 unspecified atom stereocenters. The van der Waals surface area contributed by atoms with Crippen molar-refractivity contribution in [3.63, 3.8) is 0 Å². The molecule has 4 heteroatoms. The van der Waals surface area contributed by atoms with Crippen LogP contribution in [0.4, 0.5) is 0 Å². The first-order chi connectivity index (χ1) is 9.26. The first kappa shape index (κ1) is 13.9. The molecule has 2 atom stereocenters. The first-order valence-corrected chi connectivity index (χ1v) is 6.77. The van der Waals surface area contributed by atoms with E-state index in [0.29, 0.717) is 13.2 Å². The van der Waals surface area contributed by atoms with Gasteiger partial charge in [0.1, 0.15) is 5.75 Å². The maximum Gasteiger partial charge on any atom is 0.310 e. The molecule has 4 nitrogen and oxygen atoms in total. The fourth-order valence-electron chi connectivity index (χ4n) is 2.63. The van der Waals surface area contributed by atoms with E-state index in [0.717, 1.165) is 24.3 Å². The molecule has 104 valence electrons. The van der Waals surface area contributed by atoms with Gasteiger partial charge in [-0.1, -0.05) is 12.1 Å². The third-order valence-corrected chi connectivity index (χ3v) is 3.59. The molecule has 1 aliphatic rings. The number of rotatable bonds is 4. The van der Waals surface area contributed by atoms with Gasteiger partial charge in [-0.3, -0.25) is 4.79 Å². The molecule has 1 aliphatic heterocycles. The van der Waals surface area contributed by atoms with E-state index in [1.165, 1.54) is 0 Å². The number of hydrogen-bond acceptors (Lipinski definition) is 4. The summed E-state index contributed by atoms with van der Waals surface area (Å²) in [6, 6.07) is 7.97. The normalized spacial score (nSPS) is 22.8. The number of benzene rings is 1. The van der Waals surface area contributed by atoms with Crippen LogP contribution in [0.5, 0.6) is 5.75 Å². The van der Waals surface area contributed by atoms with Crippen LogP contribution < -0.4 is 10.1 Å². The number of carbonyl (C=O) groups is 1. The molecule has 0 amide bonds. The number of hydrogen-bond donors (Lipinski definition) is 1. The van der Waals surface area contributed by atoms with Gasteiger partial charge in [0, 0.05) is 6.54 Å². The molecule has 1 saturated heterocycles. The highest BCUT2D eigenvalue weighted by Crippen LogP contribution is 2.32. The molecular weight excluding hydrogens is 242 g/mol. The van der Waals surface area contributed by atoms with Gasteiger partial charge in [0.25, 0.3) is 0 Å². The fourth-order valence-corrected chi connectivity index (χ4v) is 2.63. The Bertz CT molecular complexity index is 433.